The van der Waals surface area contributed by atoms with Gasteiger partial charge >= 0.3 is 0 Å². The van der Waals surface area contributed by atoms with Crippen LogP contribution in [0.1, 0.15) is 81.2 Å². The summed E-state index contributed by atoms with van der Waals surface area (Å²) in [6.45, 7) is 8.38. The Balaban J connectivity index is 1.30. The maximum atomic E-state index is 14.1. The van der Waals surface area contributed by atoms with Crippen LogP contribution in [0, 0.1) is 25.7 Å². The van der Waals surface area contributed by atoms with Gasteiger partial charge in [-0.2, -0.15) is 0 Å². The highest BCUT2D eigenvalue weighted by molar-refractivity contribution is 7.92. The van der Waals surface area contributed by atoms with E-state index >= 15 is 0 Å². The summed E-state index contributed by atoms with van der Waals surface area (Å²) < 4.78 is 69.1. The first-order valence-corrected chi connectivity index (χ1v) is 17.9. The molecular formula is C35H42F2N4O5S. The highest BCUT2D eigenvalue weighted by Gasteiger charge is 2.61. The number of ether oxygens (including phenoxy) is 1. The fourth-order valence-corrected chi connectivity index (χ4v) is 8.71. The van der Waals surface area contributed by atoms with Crippen LogP contribution in [0.2, 0.25) is 0 Å². The fourth-order valence-electron chi connectivity index (χ4n) is 7.43. The van der Waals surface area contributed by atoms with E-state index in [4.69, 9.17) is 14.3 Å². The maximum Gasteiger partial charge on any atom is 0.263 e. The molecule has 12 heteroatoms. The second-order valence-electron chi connectivity index (χ2n) is 13.2. The zero-order valence-electron chi connectivity index (χ0n) is 27.3. The standard InChI is InChI=1S/C35H42F2N4O5S/c1-5-7-12-31-38-34(16-26-18-35(36,37)19-27(26)17-34)33(42)41(31)20-24-13-14-28(25(15-24)21-45-6-2)29-10-8-9-11-30(29)47(43,44)40-32-22(3)23(4)46-39-32/h8-11,13-15,26-27H,5-7,12,16-21H2,1-4H3,(H,39,40). The molecule has 0 bridgehead atoms. The molecule has 2 unspecified atom stereocenters. The molecule has 2 aliphatic carbocycles. The number of aryl methyl sites for hydroxylation is 1. The summed E-state index contributed by atoms with van der Waals surface area (Å²) in [5, 5.41) is 3.87. The number of amidine groups is 1. The summed E-state index contributed by atoms with van der Waals surface area (Å²) in [5.74, 6) is -1.76. The maximum absolute atomic E-state index is 14.1. The van der Waals surface area contributed by atoms with Crippen molar-refractivity contribution in [1.82, 2.24) is 10.1 Å². The molecule has 1 aromatic heterocycles. The van der Waals surface area contributed by atoms with Crippen molar-refractivity contribution in [3.63, 3.8) is 0 Å². The normalized spacial score (nSPS) is 23.5. The number of aliphatic imine (C=N–C) groups is 1. The predicted molar refractivity (Wildman–Crippen MR) is 175 cm³/mol. The molecule has 3 aromatic rings. The molecule has 0 radical (unpaired) electrons. The number of alkyl halides is 2. The first-order chi connectivity index (χ1) is 22.4. The van der Waals surface area contributed by atoms with Crippen molar-refractivity contribution in [2.75, 3.05) is 11.3 Å². The Bertz CT molecular complexity index is 1790. The van der Waals surface area contributed by atoms with E-state index in [-0.39, 0.29) is 54.4 Å². The molecule has 1 amide bonds. The van der Waals surface area contributed by atoms with Crippen LogP contribution in [0.15, 0.2) is 56.9 Å². The van der Waals surface area contributed by atoms with Crippen LogP contribution < -0.4 is 4.72 Å². The molecular weight excluding hydrogens is 626 g/mol. The summed E-state index contributed by atoms with van der Waals surface area (Å²) >= 11 is 0. The van der Waals surface area contributed by atoms with Gasteiger partial charge in [0, 0.05) is 37.0 Å². The Labute approximate surface area is 274 Å². The number of amides is 1. The molecule has 0 saturated heterocycles. The molecule has 2 atom stereocenters. The number of hydrogen-bond acceptors (Lipinski definition) is 7. The lowest BCUT2D eigenvalue weighted by molar-refractivity contribution is -0.132. The van der Waals surface area contributed by atoms with Crippen molar-refractivity contribution in [3.8, 4) is 11.1 Å². The number of aromatic nitrogens is 1. The number of halogens is 2. The van der Waals surface area contributed by atoms with Gasteiger partial charge in [0.1, 0.15) is 17.1 Å². The molecule has 9 nitrogen and oxygen atoms in total. The van der Waals surface area contributed by atoms with Crippen LogP contribution in [0.3, 0.4) is 0 Å². The number of unbranched alkanes of at least 4 members (excludes halogenated alkanes) is 1. The summed E-state index contributed by atoms with van der Waals surface area (Å²) in [6.07, 6.45) is 2.86. The van der Waals surface area contributed by atoms with E-state index in [1.165, 1.54) is 0 Å². The lowest BCUT2D eigenvalue weighted by Gasteiger charge is -2.25. The molecule has 2 heterocycles. The van der Waals surface area contributed by atoms with E-state index in [9.17, 15) is 22.0 Å². The van der Waals surface area contributed by atoms with Gasteiger partial charge in [0.15, 0.2) is 5.82 Å². The number of anilines is 1. The smallest absolute Gasteiger partial charge is 0.263 e. The lowest BCUT2D eigenvalue weighted by atomic mass is 9.93. The fraction of sp³-hybridized carbons (Fsp3) is 0.514. The number of rotatable bonds is 12. The molecule has 1 N–H and O–H groups in total. The summed E-state index contributed by atoms with van der Waals surface area (Å²) in [5.41, 5.74) is 2.44. The Morgan fingerprint density at radius 1 is 1.04 bits per heavy atom. The first-order valence-electron chi connectivity index (χ1n) is 16.4. The number of carbonyl (C=O) groups is 1. The number of fused-ring (bicyclic) bond motifs is 1. The molecule has 1 aliphatic heterocycles. The zero-order chi connectivity index (χ0) is 33.6. The number of sulfonamides is 1. The molecule has 3 aliphatic rings. The van der Waals surface area contributed by atoms with Gasteiger partial charge in [0.25, 0.3) is 15.9 Å². The van der Waals surface area contributed by atoms with E-state index in [0.29, 0.717) is 48.3 Å². The molecule has 2 aromatic carbocycles. The number of hydrogen-bond donors (Lipinski definition) is 1. The van der Waals surface area contributed by atoms with Gasteiger partial charge in [-0.25, -0.2) is 17.2 Å². The average molecular weight is 669 g/mol. The van der Waals surface area contributed by atoms with E-state index in [0.717, 1.165) is 29.8 Å². The zero-order valence-corrected chi connectivity index (χ0v) is 28.1. The van der Waals surface area contributed by atoms with Crippen molar-refractivity contribution in [2.45, 2.75) is 102 Å². The summed E-state index contributed by atoms with van der Waals surface area (Å²) in [7, 11) is -4.05. The third kappa shape index (κ3) is 6.46. The molecule has 2 saturated carbocycles. The van der Waals surface area contributed by atoms with Gasteiger partial charge in [-0.3, -0.25) is 19.4 Å². The first kappa shape index (κ1) is 33.3. The van der Waals surface area contributed by atoms with E-state index in [1.54, 1.807) is 43.0 Å². The van der Waals surface area contributed by atoms with Crippen LogP contribution in [0.5, 0.6) is 0 Å². The van der Waals surface area contributed by atoms with Crippen LogP contribution in [0.25, 0.3) is 11.1 Å². The second kappa shape index (κ2) is 12.8. The monoisotopic (exact) mass is 668 g/mol. The topological polar surface area (TPSA) is 114 Å². The van der Waals surface area contributed by atoms with Gasteiger partial charge in [-0.15, -0.1) is 0 Å². The van der Waals surface area contributed by atoms with Gasteiger partial charge in [-0.1, -0.05) is 54.9 Å². The third-order valence-corrected chi connectivity index (χ3v) is 11.3. The number of carbonyl (C=O) groups excluding carboxylic acids is 1. The van der Waals surface area contributed by atoms with Gasteiger partial charge in [0.2, 0.25) is 5.92 Å². The van der Waals surface area contributed by atoms with E-state index < -0.39 is 21.5 Å². The minimum atomic E-state index is -4.05. The quantitative estimate of drug-likeness (QED) is 0.215. The Morgan fingerprint density at radius 2 is 1.77 bits per heavy atom. The molecule has 1 spiro atoms. The van der Waals surface area contributed by atoms with Crippen molar-refractivity contribution in [2.24, 2.45) is 16.8 Å². The van der Waals surface area contributed by atoms with Gasteiger partial charge in [0.05, 0.1) is 18.0 Å². The van der Waals surface area contributed by atoms with Crippen molar-refractivity contribution < 1.29 is 31.3 Å². The molecule has 252 valence electrons. The number of nitrogens with one attached hydrogen (secondary N) is 1. The van der Waals surface area contributed by atoms with Gasteiger partial charge in [-0.05, 0) is 74.6 Å². The Hall–Kier alpha value is -3.64. The van der Waals surface area contributed by atoms with E-state index in [1.807, 2.05) is 25.1 Å². The van der Waals surface area contributed by atoms with Crippen LogP contribution in [-0.4, -0.2) is 48.3 Å². The number of nitrogens with zero attached hydrogens (tertiary/aromatic N) is 3. The minimum Gasteiger partial charge on any atom is -0.377 e. The minimum absolute atomic E-state index is 0.0774. The summed E-state index contributed by atoms with van der Waals surface area (Å²) in [4.78, 5) is 20.9. The SMILES string of the molecule is CCCCC1=NC2(CC3CC(F)(F)CC3C2)C(=O)N1Cc1ccc(-c2ccccc2S(=O)(=O)Nc2noc(C)c2C)c(COCC)c1. The van der Waals surface area contributed by atoms with Crippen LogP contribution in [-0.2, 0) is 32.7 Å². The largest absolute Gasteiger partial charge is 0.377 e. The van der Waals surface area contributed by atoms with Crippen molar-refractivity contribution in [1.29, 1.82) is 0 Å². The van der Waals surface area contributed by atoms with Crippen molar-refractivity contribution in [3.05, 3.63) is 64.9 Å². The van der Waals surface area contributed by atoms with Crippen LogP contribution in [0.4, 0.5) is 14.6 Å². The number of benzene rings is 2. The Kier molecular flexibility index (Phi) is 9.03. The molecule has 6 rings (SSSR count). The lowest BCUT2D eigenvalue weighted by Crippen LogP contribution is -2.41. The highest BCUT2D eigenvalue weighted by atomic mass is 32.2. The summed E-state index contributed by atoms with van der Waals surface area (Å²) in [6, 6.07) is 12.5. The third-order valence-electron chi connectivity index (χ3n) is 9.87. The second-order valence-corrected chi connectivity index (χ2v) is 14.8. The van der Waals surface area contributed by atoms with Crippen LogP contribution >= 0.6 is 0 Å². The van der Waals surface area contributed by atoms with Gasteiger partial charge < -0.3 is 9.26 Å². The molecule has 2 fully saturated rings. The Morgan fingerprint density at radius 3 is 2.43 bits per heavy atom. The van der Waals surface area contributed by atoms with E-state index in [2.05, 4.69) is 16.8 Å². The molecule has 47 heavy (non-hydrogen) atoms. The predicted octanol–water partition coefficient (Wildman–Crippen LogP) is 7.42. The van der Waals surface area contributed by atoms with Crippen molar-refractivity contribution >= 4 is 27.6 Å². The highest BCUT2D eigenvalue weighted by Crippen LogP contribution is 2.57. The average Bonchev–Trinajstić information content (AvgIpc) is 3.70.